The number of rotatable bonds is 4. The summed E-state index contributed by atoms with van der Waals surface area (Å²) < 4.78 is 1.75. The van der Waals surface area contributed by atoms with E-state index in [4.69, 9.17) is 0 Å². The van der Waals surface area contributed by atoms with Crippen molar-refractivity contribution >= 4 is 16.7 Å². The molecule has 0 spiro atoms. The first-order valence-electron chi connectivity index (χ1n) is 9.38. The van der Waals surface area contributed by atoms with Crippen molar-refractivity contribution in [3.05, 3.63) is 48.0 Å². The van der Waals surface area contributed by atoms with Crippen LogP contribution in [0, 0.1) is 12.8 Å². The van der Waals surface area contributed by atoms with Gasteiger partial charge in [0.2, 0.25) is 0 Å². The van der Waals surface area contributed by atoms with E-state index in [0.717, 1.165) is 54.6 Å². The molecule has 1 fully saturated rings. The van der Waals surface area contributed by atoms with E-state index in [9.17, 15) is 4.79 Å². The van der Waals surface area contributed by atoms with Gasteiger partial charge in [-0.1, -0.05) is 17.3 Å². The number of carbonyl (C=O) groups is 1. The van der Waals surface area contributed by atoms with Crippen molar-refractivity contribution in [2.45, 2.75) is 19.8 Å². The molecule has 1 N–H and O–H groups in total. The summed E-state index contributed by atoms with van der Waals surface area (Å²) in [6.07, 6.45) is 5.64. The molecule has 0 bridgehead atoms. The van der Waals surface area contributed by atoms with Gasteiger partial charge in [-0.2, -0.15) is 0 Å². The standard InChI is InChI=1S/C20H24N6O/c1-14-19(20(27)25-10-7-15(8-11-25)12-21-2)23-24-26(14)18-5-3-4-16-13-22-9-6-17(16)18/h3-6,9,13,15,21H,7-8,10-12H2,1-2H3. The summed E-state index contributed by atoms with van der Waals surface area (Å²) in [7, 11) is 1.97. The number of carbonyl (C=O) groups excluding carboxylic acids is 1. The maximum absolute atomic E-state index is 13.0. The fourth-order valence-electron chi connectivity index (χ4n) is 3.82. The van der Waals surface area contributed by atoms with E-state index in [1.807, 2.05) is 49.3 Å². The number of fused-ring (bicyclic) bond motifs is 1. The van der Waals surface area contributed by atoms with Gasteiger partial charge in [0.05, 0.1) is 11.4 Å². The quantitative estimate of drug-likeness (QED) is 0.768. The molecule has 3 heterocycles. The highest BCUT2D eigenvalue weighted by Gasteiger charge is 2.27. The fraction of sp³-hybridized carbons (Fsp3) is 0.400. The predicted octanol–water partition coefficient (Wildman–Crippen LogP) is 2.20. The monoisotopic (exact) mass is 364 g/mol. The van der Waals surface area contributed by atoms with Crippen LogP contribution in [-0.4, -0.2) is 57.5 Å². The van der Waals surface area contributed by atoms with Crippen LogP contribution in [0.25, 0.3) is 16.5 Å². The van der Waals surface area contributed by atoms with Crippen LogP contribution in [0.1, 0.15) is 29.0 Å². The molecule has 4 rings (SSSR count). The van der Waals surface area contributed by atoms with Gasteiger partial charge in [0.15, 0.2) is 5.69 Å². The normalized spacial score (nSPS) is 15.4. The molecular formula is C20H24N6O. The van der Waals surface area contributed by atoms with Crippen LogP contribution < -0.4 is 5.32 Å². The Balaban J connectivity index is 1.60. The number of nitrogens with one attached hydrogen (secondary N) is 1. The smallest absolute Gasteiger partial charge is 0.276 e. The second kappa shape index (κ2) is 7.44. The maximum Gasteiger partial charge on any atom is 0.276 e. The number of benzene rings is 1. The molecule has 1 amide bonds. The van der Waals surface area contributed by atoms with Gasteiger partial charge in [-0.15, -0.1) is 5.10 Å². The fourth-order valence-corrected chi connectivity index (χ4v) is 3.82. The molecule has 0 unspecified atom stereocenters. The van der Waals surface area contributed by atoms with E-state index >= 15 is 0 Å². The molecule has 7 heteroatoms. The van der Waals surface area contributed by atoms with Crippen molar-refractivity contribution < 1.29 is 4.79 Å². The molecule has 3 aromatic rings. The molecule has 7 nitrogen and oxygen atoms in total. The second-order valence-corrected chi connectivity index (χ2v) is 7.10. The van der Waals surface area contributed by atoms with Crippen LogP contribution in [-0.2, 0) is 0 Å². The lowest BCUT2D eigenvalue weighted by atomic mass is 9.96. The summed E-state index contributed by atoms with van der Waals surface area (Å²) >= 11 is 0. The van der Waals surface area contributed by atoms with Crippen molar-refractivity contribution in [3.63, 3.8) is 0 Å². The minimum Gasteiger partial charge on any atom is -0.337 e. The Hall–Kier alpha value is -2.80. The van der Waals surface area contributed by atoms with Crippen LogP contribution in [0.2, 0.25) is 0 Å². The van der Waals surface area contributed by atoms with E-state index in [2.05, 4.69) is 20.6 Å². The van der Waals surface area contributed by atoms with E-state index in [0.29, 0.717) is 11.6 Å². The lowest BCUT2D eigenvalue weighted by molar-refractivity contribution is 0.0684. The van der Waals surface area contributed by atoms with E-state index in [-0.39, 0.29) is 5.91 Å². The molecule has 1 aromatic carbocycles. The molecule has 27 heavy (non-hydrogen) atoms. The molecule has 140 valence electrons. The number of likely N-dealkylation sites (tertiary alicyclic amines) is 1. The van der Waals surface area contributed by atoms with Gasteiger partial charge in [0, 0.05) is 36.3 Å². The minimum absolute atomic E-state index is 0.0245. The second-order valence-electron chi connectivity index (χ2n) is 7.10. The van der Waals surface area contributed by atoms with Crippen molar-refractivity contribution in [1.29, 1.82) is 0 Å². The zero-order valence-corrected chi connectivity index (χ0v) is 15.7. The van der Waals surface area contributed by atoms with Crippen LogP contribution in [0.4, 0.5) is 0 Å². The highest BCUT2D eigenvalue weighted by Crippen LogP contribution is 2.24. The van der Waals surface area contributed by atoms with Gasteiger partial charge in [-0.05, 0) is 51.4 Å². The molecule has 1 aliphatic heterocycles. The van der Waals surface area contributed by atoms with Crippen LogP contribution in [0.15, 0.2) is 36.7 Å². The number of amides is 1. The Morgan fingerprint density at radius 2 is 2.07 bits per heavy atom. The van der Waals surface area contributed by atoms with Gasteiger partial charge in [0.1, 0.15) is 0 Å². The highest BCUT2D eigenvalue weighted by atomic mass is 16.2. The van der Waals surface area contributed by atoms with Crippen molar-refractivity contribution in [2.75, 3.05) is 26.7 Å². The molecule has 1 saturated heterocycles. The average molecular weight is 364 g/mol. The lowest BCUT2D eigenvalue weighted by Crippen LogP contribution is -2.40. The molecule has 2 aromatic heterocycles. The van der Waals surface area contributed by atoms with E-state index < -0.39 is 0 Å². The van der Waals surface area contributed by atoms with Crippen molar-refractivity contribution in [1.82, 2.24) is 30.2 Å². The minimum atomic E-state index is -0.0245. The SMILES string of the molecule is CNCC1CCN(C(=O)c2nnn(-c3cccc4cnccc34)c2C)CC1. The first kappa shape index (κ1) is 17.6. The summed E-state index contributed by atoms with van der Waals surface area (Å²) in [5.41, 5.74) is 2.11. The molecule has 0 aliphatic carbocycles. The predicted molar refractivity (Wildman–Crippen MR) is 104 cm³/mol. The van der Waals surface area contributed by atoms with Gasteiger partial charge in [-0.3, -0.25) is 9.78 Å². The van der Waals surface area contributed by atoms with Gasteiger partial charge in [0.25, 0.3) is 5.91 Å². The molecule has 0 radical (unpaired) electrons. The summed E-state index contributed by atoms with van der Waals surface area (Å²) in [6, 6.07) is 7.93. The topological polar surface area (TPSA) is 75.9 Å². The van der Waals surface area contributed by atoms with Gasteiger partial charge < -0.3 is 10.2 Å². The van der Waals surface area contributed by atoms with Crippen molar-refractivity contribution in [2.24, 2.45) is 5.92 Å². The summed E-state index contributed by atoms with van der Waals surface area (Å²) in [5.74, 6) is 0.615. The molecule has 0 saturated carbocycles. The van der Waals surface area contributed by atoms with E-state index in [1.165, 1.54) is 0 Å². The Morgan fingerprint density at radius 1 is 1.26 bits per heavy atom. The van der Waals surface area contributed by atoms with Gasteiger partial charge in [-0.25, -0.2) is 4.68 Å². The Bertz CT molecular complexity index is 953. The number of hydrogen-bond donors (Lipinski definition) is 1. The number of hydrogen-bond acceptors (Lipinski definition) is 5. The third kappa shape index (κ3) is 3.30. The zero-order valence-electron chi connectivity index (χ0n) is 15.7. The summed E-state index contributed by atoms with van der Waals surface area (Å²) in [6.45, 7) is 4.46. The first-order valence-corrected chi connectivity index (χ1v) is 9.38. The van der Waals surface area contributed by atoms with Crippen molar-refractivity contribution in [3.8, 4) is 5.69 Å². The molecular weight excluding hydrogens is 340 g/mol. The van der Waals surface area contributed by atoms with Crippen LogP contribution >= 0.6 is 0 Å². The van der Waals surface area contributed by atoms with Crippen LogP contribution in [0.5, 0.6) is 0 Å². The zero-order chi connectivity index (χ0) is 18.8. The number of nitrogens with zero attached hydrogens (tertiary/aromatic N) is 5. The first-order chi connectivity index (χ1) is 13.2. The number of pyridine rings is 1. The lowest BCUT2D eigenvalue weighted by Gasteiger charge is -2.31. The average Bonchev–Trinajstić information content (AvgIpc) is 3.09. The number of aromatic nitrogens is 4. The third-order valence-corrected chi connectivity index (χ3v) is 5.38. The Kier molecular flexibility index (Phi) is 4.85. The maximum atomic E-state index is 13.0. The van der Waals surface area contributed by atoms with Gasteiger partial charge >= 0.3 is 0 Å². The van der Waals surface area contributed by atoms with Crippen LogP contribution in [0.3, 0.4) is 0 Å². The third-order valence-electron chi connectivity index (χ3n) is 5.38. The summed E-state index contributed by atoms with van der Waals surface area (Å²) in [5, 5.41) is 13.8. The Labute approximate surface area is 158 Å². The largest absolute Gasteiger partial charge is 0.337 e. The number of piperidine rings is 1. The Morgan fingerprint density at radius 3 is 2.85 bits per heavy atom. The van der Waals surface area contributed by atoms with E-state index in [1.54, 1.807) is 10.9 Å². The summed E-state index contributed by atoms with van der Waals surface area (Å²) in [4.78, 5) is 19.1. The molecule has 0 atom stereocenters. The highest BCUT2D eigenvalue weighted by molar-refractivity contribution is 5.94. The molecule has 1 aliphatic rings.